The number of carbonyl (C=O) groups is 1. The molecule has 0 aliphatic carbocycles. The number of rotatable bonds is 2. The molecule has 0 unspecified atom stereocenters. The van der Waals surface area contributed by atoms with Crippen LogP contribution in [-0.4, -0.2) is 5.97 Å². The Balaban J connectivity index is 2.67. The normalized spacial score (nSPS) is 10.1. The molecule has 0 spiro atoms. The van der Waals surface area contributed by atoms with E-state index in [1.165, 1.54) is 0 Å². The Morgan fingerprint density at radius 1 is 1.19 bits per heavy atom. The molecule has 0 radical (unpaired) electrons. The number of hydrogen-bond donors (Lipinski definition) is 0. The largest absolute Gasteiger partial charge is 0.432 e. The van der Waals surface area contributed by atoms with Gasteiger partial charge in [-0.3, -0.25) is 0 Å². The van der Waals surface area contributed by atoms with Gasteiger partial charge >= 0.3 is 5.97 Å². The second kappa shape index (κ2) is 4.49. The van der Waals surface area contributed by atoms with Gasteiger partial charge in [-0.25, -0.2) is 4.79 Å². The number of ether oxygens (including phenoxy) is 1. The summed E-state index contributed by atoms with van der Waals surface area (Å²) in [4.78, 5) is 11.7. The van der Waals surface area contributed by atoms with E-state index in [0.29, 0.717) is 5.56 Å². The number of fused-ring (bicyclic) bond motifs is 1. The molecule has 0 aliphatic rings. The Bertz CT molecular complexity index is 561. The van der Waals surface area contributed by atoms with Gasteiger partial charge in [0.1, 0.15) is 0 Å². The Labute approximate surface area is 102 Å². The van der Waals surface area contributed by atoms with Crippen molar-refractivity contribution in [2.45, 2.75) is 0 Å². The van der Waals surface area contributed by atoms with Crippen LogP contribution in [0.5, 0.6) is 0 Å². The fourth-order valence-corrected chi connectivity index (χ4v) is 2.06. The topological polar surface area (TPSA) is 26.3 Å². The molecule has 3 heteroatoms. The summed E-state index contributed by atoms with van der Waals surface area (Å²) in [6.45, 7) is 3.37. The molecule has 2 aromatic rings. The van der Waals surface area contributed by atoms with Crippen molar-refractivity contribution in [3.8, 4) is 0 Å². The van der Waals surface area contributed by atoms with Crippen molar-refractivity contribution in [1.82, 2.24) is 0 Å². The maximum absolute atomic E-state index is 11.7. The maximum atomic E-state index is 11.7. The van der Waals surface area contributed by atoms with E-state index < -0.39 is 5.97 Å². The van der Waals surface area contributed by atoms with Crippen molar-refractivity contribution in [2.75, 3.05) is 0 Å². The monoisotopic (exact) mass is 276 g/mol. The molecule has 0 aliphatic heterocycles. The van der Waals surface area contributed by atoms with Crippen LogP contribution in [0.1, 0.15) is 10.4 Å². The van der Waals surface area contributed by atoms with E-state index in [1.54, 1.807) is 6.07 Å². The fourth-order valence-electron chi connectivity index (χ4n) is 1.58. The lowest BCUT2D eigenvalue weighted by molar-refractivity contribution is 0.0666. The van der Waals surface area contributed by atoms with Gasteiger partial charge in [0.15, 0.2) is 0 Å². The number of benzene rings is 2. The summed E-state index contributed by atoms with van der Waals surface area (Å²) in [6, 6.07) is 11.2. The van der Waals surface area contributed by atoms with Gasteiger partial charge in [-0.05, 0) is 22.9 Å². The van der Waals surface area contributed by atoms with Crippen LogP contribution in [0.4, 0.5) is 0 Å². The Kier molecular flexibility index (Phi) is 3.06. The molecule has 0 heterocycles. The molecule has 0 atom stereocenters. The summed E-state index contributed by atoms with van der Waals surface area (Å²) in [5.74, 6) is -0.390. The fraction of sp³-hybridized carbons (Fsp3) is 0. The van der Waals surface area contributed by atoms with Crippen LogP contribution >= 0.6 is 15.9 Å². The molecule has 2 rings (SSSR count). The molecule has 0 bridgehead atoms. The first-order valence-electron chi connectivity index (χ1n) is 4.73. The molecule has 16 heavy (non-hydrogen) atoms. The first-order chi connectivity index (χ1) is 7.74. The second-order valence-corrected chi connectivity index (χ2v) is 4.07. The van der Waals surface area contributed by atoms with Crippen molar-refractivity contribution >= 4 is 32.7 Å². The van der Waals surface area contributed by atoms with Crippen molar-refractivity contribution in [3.63, 3.8) is 0 Å². The van der Waals surface area contributed by atoms with Gasteiger partial charge in [-0.15, -0.1) is 0 Å². The van der Waals surface area contributed by atoms with Gasteiger partial charge in [0.25, 0.3) is 0 Å². The van der Waals surface area contributed by atoms with E-state index in [2.05, 4.69) is 22.5 Å². The molecule has 2 nitrogen and oxygen atoms in total. The zero-order chi connectivity index (χ0) is 11.5. The zero-order valence-corrected chi connectivity index (χ0v) is 10.0. The Hall–Kier alpha value is -1.61. The average Bonchev–Trinajstić information content (AvgIpc) is 2.30. The SMILES string of the molecule is C=COC(=O)c1ccc(Br)c2ccccc12. The third-order valence-corrected chi connectivity index (χ3v) is 2.97. The third-order valence-electron chi connectivity index (χ3n) is 2.28. The van der Waals surface area contributed by atoms with Crippen molar-refractivity contribution < 1.29 is 9.53 Å². The summed E-state index contributed by atoms with van der Waals surface area (Å²) in [6.07, 6.45) is 1.14. The minimum atomic E-state index is -0.390. The highest BCUT2D eigenvalue weighted by Crippen LogP contribution is 2.27. The van der Waals surface area contributed by atoms with E-state index in [4.69, 9.17) is 4.74 Å². The van der Waals surface area contributed by atoms with Crippen LogP contribution in [0, 0.1) is 0 Å². The molecule has 0 amide bonds. The molecular weight excluding hydrogens is 268 g/mol. The standard InChI is InChI=1S/C13H9BrO2/c1-2-16-13(15)11-7-8-12(14)10-6-4-3-5-9(10)11/h2-8H,1H2. The molecule has 0 aromatic heterocycles. The summed E-state index contributed by atoms with van der Waals surface area (Å²) in [5, 5.41) is 1.85. The van der Waals surface area contributed by atoms with E-state index in [1.807, 2.05) is 30.3 Å². The Morgan fingerprint density at radius 3 is 2.56 bits per heavy atom. The van der Waals surface area contributed by atoms with Crippen molar-refractivity contribution in [3.05, 3.63) is 59.3 Å². The van der Waals surface area contributed by atoms with E-state index >= 15 is 0 Å². The molecule has 0 saturated carbocycles. The smallest absolute Gasteiger partial charge is 0.343 e. The number of hydrogen-bond acceptors (Lipinski definition) is 2. The van der Waals surface area contributed by atoms with E-state index in [9.17, 15) is 4.79 Å². The van der Waals surface area contributed by atoms with Crippen LogP contribution in [0.2, 0.25) is 0 Å². The van der Waals surface area contributed by atoms with Gasteiger partial charge in [0.2, 0.25) is 0 Å². The highest BCUT2D eigenvalue weighted by Gasteiger charge is 2.11. The summed E-state index contributed by atoms with van der Waals surface area (Å²) < 4.78 is 5.74. The van der Waals surface area contributed by atoms with Gasteiger partial charge in [-0.2, -0.15) is 0 Å². The molecular formula is C13H9BrO2. The number of esters is 1. The van der Waals surface area contributed by atoms with Gasteiger partial charge in [-0.1, -0.05) is 46.8 Å². The lowest BCUT2D eigenvalue weighted by atomic mass is 10.0. The predicted octanol–water partition coefficient (Wildman–Crippen LogP) is 3.90. The first kappa shape index (κ1) is 10.9. The highest BCUT2D eigenvalue weighted by atomic mass is 79.9. The maximum Gasteiger partial charge on any atom is 0.343 e. The van der Waals surface area contributed by atoms with Gasteiger partial charge < -0.3 is 4.74 Å². The molecule has 80 valence electrons. The predicted molar refractivity (Wildman–Crippen MR) is 67.3 cm³/mol. The second-order valence-electron chi connectivity index (χ2n) is 3.21. The minimum absolute atomic E-state index is 0.390. The quantitative estimate of drug-likeness (QED) is 0.614. The molecule has 2 aromatic carbocycles. The average molecular weight is 277 g/mol. The van der Waals surface area contributed by atoms with Crippen LogP contribution in [0.3, 0.4) is 0 Å². The lowest BCUT2D eigenvalue weighted by Gasteiger charge is -2.06. The Morgan fingerprint density at radius 2 is 1.88 bits per heavy atom. The van der Waals surface area contributed by atoms with E-state index in [0.717, 1.165) is 21.5 Å². The van der Waals surface area contributed by atoms with Gasteiger partial charge in [0, 0.05) is 4.47 Å². The molecule has 0 fully saturated rings. The lowest BCUT2D eigenvalue weighted by Crippen LogP contribution is -2.01. The van der Waals surface area contributed by atoms with Crippen LogP contribution in [0.25, 0.3) is 10.8 Å². The van der Waals surface area contributed by atoms with Crippen molar-refractivity contribution in [1.29, 1.82) is 0 Å². The van der Waals surface area contributed by atoms with Crippen LogP contribution in [-0.2, 0) is 4.74 Å². The van der Waals surface area contributed by atoms with Crippen LogP contribution < -0.4 is 0 Å². The first-order valence-corrected chi connectivity index (χ1v) is 5.52. The number of carbonyl (C=O) groups excluding carboxylic acids is 1. The summed E-state index contributed by atoms with van der Waals surface area (Å²) in [5.41, 5.74) is 0.540. The molecule has 0 N–H and O–H groups in total. The third kappa shape index (κ3) is 1.86. The summed E-state index contributed by atoms with van der Waals surface area (Å²) >= 11 is 3.45. The van der Waals surface area contributed by atoms with Crippen LogP contribution in [0.15, 0.2) is 53.7 Å². The number of halogens is 1. The van der Waals surface area contributed by atoms with E-state index in [-0.39, 0.29) is 0 Å². The highest BCUT2D eigenvalue weighted by molar-refractivity contribution is 9.10. The molecule has 0 saturated heterocycles. The van der Waals surface area contributed by atoms with Gasteiger partial charge in [0.05, 0.1) is 11.8 Å². The zero-order valence-electron chi connectivity index (χ0n) is 8.44. The minimum Gasteiger partial charge on any atom is -0.432 e. The van der Waals surface area contributed by atoms with Crippen molar-refractivity contribution in [2.24, 2.45) is 0 Å². The summed E-state index contributed by atoms with van der Waals surface area (Å²) in [7, 11) is 0.